The quantitative estimate of drug-likeness (QED) is 0.762. The number of nitrogens with zero attached hydrogens (tertiary/aromatic N) is 1. The third-order valence-electron chi connectivity index (χ3n) is 1.98. The van der Waals surface area contributed by atoms with E-state index in [1.807, 2.05) is 5.38 Å². The van der Waals surface area contributed by atoms with Gasteiger partial charge in [-0.15, -0.1) is 11.3 Å². The van der Waals surface area contributed by atoms with Crippen LogP contribution >= 0.6 is 11.3 Å². The molecule has 2 N–H and O–H groups in total. The van der Waals surface area contributed by atoms with Crippen LogP contribution in [0.3, 0.4) is 0 Å². The molecule has 0 saturated heterocycles. The van der Waals surface area contributed by atoms with Gasteiger partial charge in [0.2, 0.25) is 5.91 Å². The van der Waals surface area contributed by atoms with Crippen molar-refractivity contribution < 1.29 is 9.90 Å². The summed E-state index contributed by atoms with van der Waals surface area (Å²) < 4.78 is 0. The molecule has 1 unspecified atom stereocenters. The van der Waals surface area contributed by atoms with Crippen LogP contribution in [0.25, 0.3) is 0 Å². The topological polar surface area (TPSA) is 62.2 Å². The van der Waals surface area contributed by atoms with Crippen LogP contribution in [0.4, 0.5) is 0 Å². The summed E-state index contributed by atoms with van der Waals surface area (Å²) >= 11 is 1.56. The predicted molar refractivity (Wildman–Crippen MR) is 59.7 cm³/mol. The van der Waals surface area contributed by atoms with Crippen LogP contribution < -0.4 is 5.32 Å². The van der Waals surface area contributed by atoms with Gasteiger partial charge in [0.1, 0.15) is 0 Å². The zero-order valence-corrected chi connectivity index (χ0v) is 9.59. The molecule has 1 amide bonds. The van der Waals surface area contributed by atoms with Crippen molar-refractivity contribution in [1.82, 2.24) is 10.3 Å². The Labute approximate surface area is 93.4 Å². The minimum atomic E-state index is -0.408. The molecule has 1 atom stereocenters. The van der Waals surface area contributed by atoms with Crippen LogP contribution in [0, 0.1) is 0 Å². The highest BCUT2D eigenvalue weighted by Crippen LogP contribution is 2.01. The minimum absolute atomic E-state index is 0.00821. The number of hydrogen-bond donors (Lipinski definition) is 2. The SMILES string of the molecule is CC(O)CCC(=O)NCCc1cscn1. The van der Waals surface area contributed by atoms with Crippen molar-refractivity contribution in [2.75, 3.05) is 6.54 Å². The fourth-order valence-corrected chi connectivity index (χ4v) is 1.71. The maximum atomic E-state index is 11.2. The van der Waals surface area contributed by atoms with Gasteiger partial charge in [-0.1, -0.05) is 0 Å². The van der Waals surface area contributed by atoms with Gasteiger partial charge in [0.15, 0.2) is 0 Å². The van der Waals surface area contributed by atoms with E-state index < -0.39 is 6.10 Å². The lowest BCUT2D eigenvalue weighted by Gasteiger charge is -2.05. The van der Waals surface area contributed by atoms with Crippen molar-refractivity contribution in [1.29, 1.82) is 0 Å². The molecule has 0 spiro atoms. The molecular formula is C10H16N2O2S. The third-order valence-corrected chi connectivity index (χ3v) is 2.61. The van der Waals surface area contributed by atoms with E-state index >= 15 is 0 Å². The molecular weight excluding hydrogens is 212 g/mol. The first kappa shape index (κ1) is 12.1. The number of amides is 1. The first-order valence-corrected chi connectivity index (χ1v) is 5.94. The molecule has 0 bridgehead atoms. The average molecular weight is 228 g/mol. The number of carbonyl (C=O) groups excluding carboxylic acids is 1. The van der Waals surface area contributed by atoms with Gasteiger partial charge in [0.25, 0.3) is 0 Å². The fourth-order valence-electron chi connectivity index (χ4n) is 1.12. The van der Waals surface area contributed by atoms with E-state index in [1.54, 1.807) is 23.8 Å². The Morgan fingerprint density at radius 3 is 3.13 bits per heavy atom. The summed E-state index contributed by atoms with van der Waals surface area (Å²) in [7, 11) is 0. The van der Waals surface area contributed by atoms with Gasteiger partial charge in [-0.05, 0) is 13.3 Å². The monoisotopic (exact) mass is 228 g/mol. The maximum absolute atomic E-state index is 11.2. The fraction of sp³-hybridized carbons (Fsp3) is 0.600. The van der Waals surface area contributed by atoms with Crippen molar-refractivity contribution in [3.63, 3.8) is 0 Å². The number of aliphatic hydroxyl groups excluding tert-OH is 1. The number of carbonyl (C=O) groups is 1. The molecule has 5 heteroatoms. The minimum Gasteiger partial charge on any atom is -0.393 e. The molecule has 1 heterocycles. The predicted octanol–water partition coefficient (Wildman–Crippen LogP) is 0.963. The van der Waals surface area contributed by atoms with E-state index in [1.165, 1.54) is 0 Å². The average Bonchev–Trinajstić information content (AvgIpc) is 2.67. The zero-order chi connectivity index (χ0) is 11.1. The Balaban J connectivity index is 2.07. The molecule has 0 aliphatic heterocycles. The van der Waals surface area contributed by atoms with Crippen molar-refractivity contribution in [3.05, 3.63) is 16.6 Å². The second kappa shape index (κ2) is 6.53. The highest BCUT2D eigenvalue weighted by atomic mass is 32.1. The van der Waals surface area contributed by atoms with Gasteiger partial charge in [-0.2, -0.15) is 0 Å². The summed E-state index contributed by atoms with van der Waals surface area (Å²) in [5, 5.41) is 13.8. The van der Waals surface area contributed by atoms with Crippen LogP contribution in [-0.2, 0) is 11.2 Å². The Morgan fingerprint density at radius 1 is 1.73 bits per heavy atom. The van der Waals surface area contributed by atoms with Crippen LogP contribution in [-0.4, -0.2) is 28.6 Å². The summed E-state index contributed by atoms with van der Waals surface area (Å²) in [5.74, 6) is -0.00821. The van der Waals surface area contributed by atoms with Crippen molar-refractivity contribution in [3.8, 4) is 0 Å². The van der Waals surface area contributed by atoms with E-state index in [2.05, 4.69) is 10.3 Å². The van der Waals surface area contributed by atoms with E-state index in [0.717, 1.165) is 12.1 Å². The number of aromatic nitrogens is 1. The lowest BCUT2D eigenvalue weighted by molar-refractivity contribution is -0.121. The van der Waals surface area contributed by atoms with Crippen molar-refractivity contribution in [2.24, 2.45) is 0 Å². The molecule has 0 fully saturated rings. The Kier molecular flexibility index (Phi) is 5.28. The molecule has 0 aromatic carbocycles. The summed E-state index contributed by atoms with van der Waals surface area (Å²) in [6.45, 7) is 2.30. The number of nitrogens with one attached hydrogen (secondary N) is 1. The largest absolute Gasteiger partial charge is 0.393 e. The number of thiazole rings is 1. The molecule has 1 rings (SSSR count). The number of aliphatic hydroxyl groups is 1. The van der Waals surface area contributed by atoms with Crippen LogP contribution in [0.15, 0.2) is 10.9 Å². The summed E-state index contributed by atoms with van der Waals surface area (Å²) in [6.07, 6.45) is 1.26. The van der Waals surface area contributed by atoms with Gasteiger partial charge in [-0.3, -0.25) is 4.79 Å². The zero-order valence-electron chi connectivity index (χ0n) is 8.77. The summed E-state index contributed by atoms with van der Waals surface area (Å²) in [6, 6.07) is 0. The molecule has 84 valence electrons. The van der Waals surface area contributed by atoms with Crippen LogP contribution in [0.2, 0.25) is 0 Å². The highest BCUT2D eigenvalue weighted by molar-refractivity contribution is 7.07. The number of rotatable bonds is 6. The molecule has 0 aliphatic rings. The first-order chi connectivity index (χ1) is 7.18. The van der Waals surface area contributed by atoms with Crippen LogP contribution in [0.5, 0.6) is 0 Å². The molecule has 15 heavy (non-hydrogen) atoms. The standard InChI is InChI=1S/C10H16N2O2S/c1-8(13)2-3-10(14)11-5-4-9-6-15-7-12-9/h6-8,13H,2-5H2,1H3,(H,11,14). The van der Waals surface area contributed by atoms with Crippen molar-refractivity contribution in [2.45, 2.75) is 32.3 Å². The smallest absolute Gasteiger partial charge is 0.220 e. The second-order valence-electron chi connectivity index (χ2n) is 3.47. The van der Waals surface area contributed by atoms with Gasteiger partial charge >= 0.3 is 0 Å². The molecule has 1 aromatic heterocycles. The Hall–Kier alpha value is -0.940. The molecule has 0 aliphatic carbocycles. The van der Waals surface area contributed by atoms with E-state index in [9.17, 15) is 4.79 Å². The van der Waals surface area contributed by atoms with Gasteiger partial charge in [0, 0.05) is 24.8 Å². The summed E-state index contributed by atoms with van der Waals surface area (Å²) in [4.78, 5) is 15.4. The Bertz CT molecular complexity index is 286. The number of hydrogen-bond acceptors (Lipinski definition) is 4. The molecule has 4 nitrogen and oxygen atoms in total. The lowest BCUT2D eigenvalue weighted by atomic mass is 10.2. The van der Waals surface area contributed by atoms with E-state index in [4.69, 9.17) is 5.11 Å². The van der Waals surface area contributed by atoms with Crippen LogP contribution in [0.1, 0.15) is 25.5 Å². The molecule has 0 radical (unpaired) electrons. The van der Waals surface area contributed by atoms with E-state index in [-0.39, 0.29) is 5.91 Å². The van der Waals surface area contributed by atoms with Gasteiger partial charge in [0.05, 0.1) is 17.3 Å². The van der Waals surface area contributed by atoms with Gasteiger partial charge in [-0.25, -0.2) is 4.98 Å². The van der Waals surface area contributed by atoms with Gasteiger partial charge < -0.3 is 10.4 Å². The lowest BCUT2D eigenvalue weighted by Crippen LogP contribution is -2.26. The Morgan fingerprint density at radius 2 is 2.53 bits per heavy atom. The highest BCUT2D eigenvalue weighted by Gasteiger charge is 2.03. The normalized spacial score (nSPS) is 12.4. The van der Waals surface area contributed by atoms with E-state index in [0.29, 0.717) is 19.4 Å². The third kappa shape index (κ3) is 5.49. The molecule has 0 saturated carbocycles. The maximum Gasteiger partial charge on any atom is 0.220 e. The summed E-state index contributed by atoms with van der Waals surface area (Å²) in [5.41, 5.74) is 2.79. The van der Waals surface area contributed by atoms with Crippen molar-refractivity contribution >= 4 is 17.2 Å². The first-order valence-electron chi connectivity index (χ1n) is 5.00. The second-order valence-corrected chi connectivity index (χ2v) is 4.19. The molecule has 1 aromatic rings.